The van der Waals surface area contributed by atoms with Crippen molar-refractivity contribution in [2.24, 2.45) is 0 Å². The standard InChI is InChI=1S/C21H21N3O2S2/c1-14-19(28-13-23-14)16-6-4-15(5-7-16)11-22-20(25)18-3-2-9-24(18)21(26)17-8-10-27-12-17/h4-8,10,12-13,18H,2-3,9,11H2,1H3,(H,22,25)/t18-/m0/s1. The van der Waals surface area contributed by atoms with Crippen LogP contribution in [0.15, 0.2) is 46.6 Å². The van der Waals surface area contributed by atoms with Crippen LogP contribution in [0.25, 0.3) is 10.4 Å². The number of rotatable bonds is 5. The summed E-state index contributed by atoms with van der Waals surface area (Å²) in [6, 6.07) is 9.60. The molecular weight excluding hydrogens is 390 g/mol. The zero-order valence-corrected chi connectivity index (χ0v) is 17.2. The number of benzene rings is 1. The number of aryl methyl sites for hydroxylation is 1. The van der Waals surface area contributed by atoms with E-state index in [1.165, 1.54) is 16.2 Å². The average molecular weight is 412 g/mol. The van der Waals surface area contributed by atoms with E-state index in [0.29, 0.717) is 25.1 Å². The minimum Gasteiger partial charge on any atom is -0.350 e. The summed E-state index contributed by atoms with van der Waals surface area (Å²) < 4.78 is 0. The van der Waals surface area contributed by atoms with Crippen molar-refractivity contribution >= 4 is 34.5 Å². The Morgan fingerprint density at radius 2 is 2.07 bits per heavy atom. The van der Waals surface area contributed by atoms with Crippen molar-refractivity contribution in [3.63, 3.8) is 0 Å². The number of nitrogens with zero attached hydrogens (tertiary/aromatic N) is 2. The van der Waals surface area contributed by atoms with Crippen molar-refractivity contribution in [3.8, 4) is 10.4 Å². The van der Waals surface area contributed by atoms with E-state index in [2.05, 4.69) is 22.4 Å². The molecule has 7 heteroatoms. The first-order chi connectivity index (χ1) is 13.6. The molecule has 28 heavy (non-hydrogen) atoms. The summed E-state index contributed by atoms with van der Waals surface area (Å²) in [6.45, 7) is 3.10. The smallest absolute Gasteiger partial charge is 0.255 e. The van der Waals surface area contributed by atoms with Crippen LogP contribution < -0.4 is 5.32 Å². The highest BCUT2D eigenvalue weighted by Gasteiger charge is 2.34. The number of likely N-dealkylation sites (tertiary alicyclic amines) is 1. The van der Waals surface area contributed by atoms with Crippen LogP contribution in [0.4, 0.5) is 0 Å². The van der Waals surface area contributed by atoms with Crippen LogP contribution >= 0.6 is 22.7 Å². The maximum atomic E-state index is 12.7. The maximum Gasteiger partial charge on any atom is 0.255 e. The van der Waals surface area contributed by atoms with Crippen LogP contribution in [0.3, 0.4) is 0 Å². The predicted molar refractivity (Wildman–Crippen MR) is 113 cm³/mol. The van der Waals surface area contributed by atoms with E-state index in [-0.39, 0.29) is 17.9 Å². The second kappa shape index (κ2) is 8.24. The molecule has 0 aliphatic carbocycles. The third-order valence-electron chi connectivity index (χ3n) is 5.01. The molecule has 2 aromatic heterocycles. The number of thiazole rings is 1. The molecule has 1 aliphatic heterocycles. The molecule has 1 atom stereocenters. The van der Waals surface area contributed by atoms with Gasteiger partial charge in [-0.3, -0.25) is 9.59 Å². The number of carbonyl (C=O) groups excluding carboxylic acids is 2. The Hall–Kier alpha value is -2.51. The zero-order valence-electron chi connectivity index (χ0n) is 15.6. The number of nitrogens with one attached hydrogen (secondary N) is 1. The quantitative estimate of drug-likeness (QED) is 0.687. The SMILES string of the molecule is Cc1ncsc1-c1ccc(CNC(=O)[C@@H]2CCCN2C(=O)c2ccsc2)cc1. The number of hydrogen-bond acceptors (Lipinski definition) is 5. The Morgan fingerprint density at radius 3 is 2.75 bits per heavy atom. The van der Waals surface area contributed by atoms with Gasteiger partial charge in [-0.05, 0) is 42.3 Å². The molecule has 0 saturated carbocycles. The van der Waals surface area contributed by atoms with E-state index >= 15 is 0 Å². The summed E-state index contributed by atoms with van der Waals surface area (Å²) in [7, 11) is 0. The Balaban J connectivity index is 1.37. The third-order valence-corrected chi connectivity index (χ3v) is 6.67. The summed E-state index contributed by atoms with van der Waals surface area (Å²) in [6.07, 6.45) is 1.57. The molecule has 2 amide bonds. The Labute approximate surface area is 172 Å². The molecule has 4 rings (SSSR count). The molecule has 0 spiro atoms. The van der Waals surface area contributed by atoms with Gasteiger partial charge in [0.15, 0.2) is 0 Å². The van der Waals surface area contributed by atoms with Gasteiger partial charge in [-0.15, -0.1) is 11.3 Å². The van der Waals surface area contributed by atoms with Crippen molar-refractivity contribution in [2.75, 3.05) is 6.54 Å². The maximum absolute atomic E-state index is 12.7. The van der Waals surface area contributed by atoms with Gasteiger partial charge in [-0.2, -0.15) is 11.3 Å². The highest BCUT2D eigenvalue weighted by Crippen LogP contribution is 2.27. The molecule has 1 aliphatic rings. The van der Waals surface area contributed by atoms with Crippen LogP contribution in [0.1, 0.15) is 34.5 Å². The van der Waals surface area contributed by atoms with E-state index in [4.69, 9.17) is 0 Å². The lowest BCUT2D eigenvalue weighted by molar-refractivity contribution is -0.125. The van der Waals surface area contributed by atoms with Crippen LogP contribution in [0, 0.1) is 6.92 Å². The van der Waals surface area contributed by atoms with Gasteiger partial charge in [0.25, 0.3) is 5.91 Å². The van der Waals surface area contributed by atoms with Crippen molar-refractivity contribution in [3.05, 3.63) is 63.4 Å². The van der Waals surface area contributed by atoms with E-state index < -0.39 is 0 Å². The van der Waals surface area contributed by atoms with Crippen LogP contribution in [-0.2, 0) is 11.3 Å². The van der Waals surface area contributed by atoms with Crippen LogP contribution in [0.2, 0.25) is 0 Å². The Kier molecular flexibility index (Phi) is 5.54. The molecular formula is C21H21N3O2S2. The first-order valence-corrected chi connectivity index (χ1v) is 11.1. The van der Waals surface area contributed by atoms with Gasteiger partial charge >= 0.3 is 0 Å². The van der Waals surface area contributed by atoms with Crippen molar-refractivity contribution in [1.29, 1.82) is 0 Å². The topological polar surface area (TPSA) is 62.3 Å². The number of thiophene rings is 1. The summed E-state index contributed by atoms with van der Waals surface area (Å²) in [4.78, 5) is 32.5. The zero-order chi connectivity index (χ0) is 19.5. The summed E-state index contributed by atoms with van der Waals surface area (Å²) in [5, 5.41) is 6.72. The highest BCUT2D eigenvalue weighted by atomic mass is 32.1. The average Bonchev–Trinajstić information content (AvgIpc) is 3.47. The molecule has 1 fully saturated rings. The lowest BCUT2D eigenvalue weighted by Gasteiger charge is -2.23. The molecule has 5 nitrogen and oxygen atoms in total. The summed E-state index contributed by atoms with van der Waals surface area (Å²) in [5.74, 6) is -0.133. The molecule has 1 N–H and O–H groups in total. The second-order valence-corrected chi connectivity index (χ2v) is 8.49. The fourth-order valence-electron chi connectivity index (χ4n) is 3.49. The molecule has 0 unspecified atom stereocenters. The molecule has 0 radical (unpaired) electrons. The van der Waals surface area contributed by atoms with Gasteiger partial charge in [0.1, 0.15) is 6.04 Å². The predicted octanol–water partition coefficient (Wildman–Crippen LogP) is 4.10. The molecule has 3 aromatic rings. The second-order valence-electron chi connectivity index (χ2n) is 6.85. The summed E-state index contributed by atoms with van der Waals surface area (Å²) in [5.41, 5.74) is 5.72. The lowest BCUT2D eigenvalue weighted by Crippen LogP contribution is -2.45. The summed E-state index contributed by atoms with van der Waals surface area (Å²) >= 11 is 3.12. The van der Waals surface area contributed by atoms with Gasteiger partial charge in [0.05, 0.1) is 21.6 Å². The van der Waals surface area contributed by atoms with E-state index in [0.717, 1.165) is 23.2 Å². The van der Waals surface area contributed by atoms with Crippen LogP contribution in [-0.4, -0.2) is 34.3 Å². The van der Waals surface area contributed by atoms with E-state index in [9.17, 15) is 9.59 Å². The Morgan fingerprint density at radius 1 is 1.25 bits per heavy atom. The first-order valence-electron chi connectivity index (χ1n) is 9.24. The fraction of sp³-hybridized carbons (Fsp3) is 0.286. The molecule has 3 heterocycles. The van der Waals surface area contributed by atoms with Crippen LogP contribution in [0.5, 0.6) is 0 Å². The van der Waals surface area contributed by atoms with Gasteiger partial charge in [-0.25, -0.2) is 4.98 Å². The van der Waals surface area contributed by atoms with E-state index in [1.807, 2.05) is 41.4 Å². The van der Waals surface area contributed by atoms with Gasteiger partial charge in [0.2, 0.25) is 5.91 Å². The van der Waals surface area contributed by atoms with Crippen molar-refractivity contribution in [1.82, 2.24) is 15.2 Å². The third kappa shape index (κ3) is 3.86. The highest BCUT2D eigenvalue weighted by molar-refractivity contribution is 7.13. The van der Waals surface area contributed by atoms with E-state index in [1.54, 1.807) is 16.2 Å². The van der Waals surface area contributed by atoms with Crippen molar-refractivity contribution in [2.45, 2.75) is 32.4 Å². The molecule has 1 aromatic carbocycles. The first kappa shape index (κ1) is 18.8. The number of amides is 2. The number of hydrogen-bond donors (Lipinski definition) is 1. The molecule has 1 saturated heterocycles. The molecule has 0 bridgehead atoms. The number of aromatic nitrogens is 1. The minimum absolute atomic E-state index is 0.0526. The minimum atomic E-state index is -0.383. The van der Waals surface area contributed by atoms with Gasteiger partial charge in [-0.1, -0.05) is 24.3 Å². The lowest BCUT2D eigenvalue weighted by atomic mass is 10.1. The molecule has 144 valence electrons. The fourth-order valence-corrected chi connectivity index (χ4v) is 4.94. The Bertz CT molecular complexity index is 964. The normalized spacial score (nSPS) is 16.3. The largest absolute Gasteiger partial charge is 0.350 e. The van der Waals surface area contributed by atoms with Crippen molar-refractivity contribution < 1.29 is 9.59 Å². The van der Waals surface area contributed by atoms with Gasteiger partial charge in [0, 0.05) is 18.5 Å². The number of carbonyl (C=O) groups is 2. The monoisotopic (exact) mass is 411 g/mol. The van der Waals surface area contributed by atoms with Gasteiger partial charge < -0.3 is 10.2 Å².